The number of carbonyl (C=O) groups is 2. The first-order valence-electron chi connectivity index (χ1n) is 7.34. The van der Waals surface area contributed by atoms with Crippen LogP contribution in [0.2, 0.25) is 0 Å². The van der Waals surface area contributed by atoms with Crippen LogP contribution in [0.3, 0.4) is 0 Å². The highest BCUT2D eigenvalue weighted by molar-refractivity contribution is 7.17. The molecule has 1 aliphatic heterocycles. The zero-order valence-electron chi connectivity index (χ0n) is 12.8. The van der Waals surface area contributed by atoms with Gasteiger partial charge in [-0.25, -0.2) is 4.98 Å². The second-order valence-electron chi connectivity index (χ2n) is 5.31. The standard InChI is InChI=1S/C15H15N3O6S/c19-6-8-11(21)12(22)13(23)14(24-8)18-15-17-5-9(25-15)10(20)7-1-3-16-4-2-7/h1-5,8,11-12,14,19,21-22H,6H2,(H,17,18). The van der Waals surface area contributed by atoms with Crippen LogP contribution in [-0.2, 0) is 9.53 Å². The third-order valence-corrected chi connectivity index (χ3v) is 4.60. The van der Waals surface area contributed by atoms with Crippen LogP contribution < -0.4 is 5.32 Å². The number of nitrogens with zero attached hydrogens (tertiary/aromatic N) is 2. The minimum Gasteiger partial charge on any atom is -0.394 e. The fourth-order valence-electron chi connectivity index (χ4n) is 2.31. The van der Waals surface area contributed by atoms with Crippen LogP contribution in [0.15, 0.2) is 30.7 Å². The minimum absolute atomic E-state index is 0.232. The third kappa shape index (κ3) is 3.57. The molecule has 3 heterocycles. The Morgan fingerprint density at radius 2 is 2.04 bits per heavy atom. The lowest BCUT2D eigenvalue weighted by Crippen LogP contribution is -2.58. The number of hydrogen-bond donors (Lipinski definition) is 4. The number of anilines is 1. The van der Waals surface area contributed by atoms with Crippen molar-refractivity contribution >= 4 is 28.0 Å². The monoisotopic (exact) mass is 365 g/mol. The van der Waals surface area contributed by atoms with Gasteiger partial charge >= 0.3 is 0 Å². The number of ether oxygens (including phenoxy) is 1. The summed E-state index contributed by atoms with van der Waals surface area (Å²) in [6.07, 6.45) is -1.21. The molecule has 132 valence electrons. The van der Waals surface area contributed by atoms with Gasteiger partial charge in [0.15, 0.2) is 11.4 Å². The summed E-state index contributed by atoms with van der Waals surface area (Å²) in [6, 6.07) is 3.15. The average molecular weight is 365 g/mol. The fourth-order valence-corrected chi connectivity index (χ4v) is 3.10. The first-order valence-corrected chi connectivity index (χ1v) is 8.16. The van der Waals surface area contributed by atoms with Crippen LogP contribution in [0.4, 0.5) is 5.13 Å². The van der Waals surface area contributed by atoms with Crippen molar-refractivity contribution in [2.24, 2.45) is 0 Å². The van der Waals surface area contributed by atoms with E-state index in [2.05, 4.69) is 15.3 Å². The number of pyridine rings is 1. The third-order valence-electron chi connectivity index (χ3n) is 3.67. The Morgan fingerprint density at radius 3 is 2.72 bits per heavy atom. The van der Waals surface area contributed by atoms with Crippen molar-refractivity contribution in [3.8, 4) is 0 Å². The SMILES string of the molecule is O=C(c1ccncc1)c1cnc(NC2OC(CO)C(O)C(O)C2=O)s1. The lowest BCUT2D eigenvalue weighted by Gasteiger charge is -2.35. The van der Waals surface area contributed by atoms with Crippen LogP contribution >= 0.6 is 11.3 Å². The molecule has 0 aliphatic carbocycles. The van der Waals surface area contributed by atoms with E-state index in [1.165, 1.54) is 18.6 Å². The number of aliphatic hydroxyl groups is 3. The second-order valence-corrected chi connectivity index (χ2v) is 6.34. The molecule has 2 aromatic heterocycles. The van der Waals surface area contributed by atoms with E-state index in [1.54, 1.807) is 12.1 Å². The summed E-state index contributed by atoms with van der Waals surface area (Å²) < 4.78 is 5.24. The van der Waals surface area contributed by atoms with E-state index in [1.807, 2.05) is 0 Å². The first kappa shape index (κ1) is 17.6. The molecule has 4 unspecified atom stereocenters. The Morgan fingerprint density at radius 1 is 1.32 bits per heavy atom. The van der Waals surface area contributed by atoms with E-state index < -0.39 is 36.9 Å². The summed E-state index contributed by atoms with van der Waals surface area (Å²) in [6.45, 7) is -0.562. The highest BCUT2D eigenvalue weighted by Crippen LogP contribution is 2.24. The van der Waals surface area contributed by atoms with Crippen LogP contribution in [0.1, 0.15) is 15.2 Å². The summed E-state index contributed by atoms with van der Waals surface area (Å²) in [5.74, 6) is -1.03. The molecule has 2 aromatic rings. The van der Waals surface area contributed by atoms with Gasteiger partial charge in [-0.15, -0.1) is 0 Å². The van der Waals surface area contributed by atoms with Gasteiger partial charge in [-0.2, -0.15) is 0 Å². The van der Waals surface area contributed by atoms with Crippen molar-refractivity contribution in [3.05, 3.63) is 41.2 Å². The molecule has 0 aromatic carbocycles. The lowest BCUT2D eigenvalue weighted by molar-refractivity contribution is -0.183. The highest BCUT2D eigenvalue weighted by Gasteiger charge is 2.43. The fraction of sp³-hybridized carbons (Fsp3) is 0.333. The molecule has 10 heteroatoms. The summed E-state index contributed by atoms with van der Waals surface area (Å²) in [4.78, 5) is 32.5. The minimum atomic E-state index is -1.68. The number of ketones is 2. The molecule has 4 N–H and O–H groups in total. The predicted molar refractivity (Wildman–Crippen MR) is 86.2 cm³/mol. The first-order chi connectivity index (χ1) is 12.0. The number of hydrogen-bond acceptors (Lipinski definition) is 10. The number of rotatable bonds is 5. The molecule has 25 heavy (non-hydrogen) atoms. The van der Waals surface area contributed by atoms with E-state index in [4.69, 9.17) is 9.84 Å². The van der Waals surface area contributed by atoms with Gasteiger partial charge in [0.2, 0.25) is 11.6 Å². The molecule has 1 saturated heterocycles. The average Bonchev–Trinajstić information content (AvgIpc) is 3.11. The van der Waals surface area contributed by atoms with Crippen LogP contribution in [0.5, 0.6) is 0 Å². The van der Waals surface area contributed by atoms with Crippen molar-refractivity contribution < 1.29 is 29.6 Å². The summed E-state index contributed by atoms with van der Waals surface area (Å²) in [7, 11) is 0. The van der Waals surface area contributed by atoms with E-state index in [-0.39, 0.29) is 10.9 Å². The molecule has 0 radical (unpaired) electrons. The van der Waals surface area contributed by atoms with E-state index in [9.17, 15) is 19.8 Å². The molecule has 9 nitrogen and oxygen atoms in total. The smallest absolute Gasteiger partial charge is 0.213 e. The van der Waals surface area contributed by atoms with Gasteiger partial charge < -0.3 is 25.4 Å². The summed E-state index contributed by atoms with van der Waals surface area (Å²) in [5.41, 5.74) is 0.453. The van der Waals surface area contributed by atoms with E-state index in [0.717, 1.165) is 11.3 Å². The van der Waals surface area contributed by atoms with Crippen molar-refractivity contribution in [3.63, 3.8) is 0 Å². The molecule has 0 bridgehead atoms. The molecular weight excluding hydrogens is 350 g/mol. The van der Waals surface area contributed by atoms with Gasteiger partial charge in [-0.1, -0.05) is 11.3 Å². The molecule has 0 spiro atoms. The molecular formula is C15H15N3O6S. The highest BCUT2D eigenvalue weighted by atomic mass is 32.1. The van der Waals surface area contributed by atoms with Crippen molar-refractivity contribution in [1.29, 1.82) is 0 Å². The van der Waals surface area contributed by atoms with Gasteiger partial charge in [0.1, 0.15) is 18.3 Å². The molecule has 0 saturated carbocycles. The van der Waals surface area contributed by atoms with Gasteiger partial charge in [0, 0.05) is 18.0 Å². The molecule has 3 rings (SSSR count). The van der Waals surface area contributed by atoms with Crippen molar-refractivity contribution in [1.82, 2.24) is 9.97 Å². The zero-order valence-corrected chi connectivity index (χ0v) is 13.6. The Kier molecular flexibility index (Phi) is 5.16. The maximum Gasteiger partial charge on any atom is 0.213 e. The van der Waals surface area contributed by atoms with Crippen LogP contribution in [0.25, 0.3) is 0 Å². The van der Waals surface area contributed by atoms with Gasteiger partial charge in [-0.05, 0) is 12.1 Å². The Balaban J connectivity index is 1.73. The predicted octanol–water partition coefficient (Wildman–Crippen LogP) is -0.811. The number of nitrogens with one attached hydrogen (secondary N) is 1. The maximum atomic E-state index is 12.3. The quantitative estimate of drug-likeness (QED) is 0.500. The molecule has 1 aliphatic rings. The summed E-state index contributed by atoms with van der Waals surface area (Å²) >= 11 is 1.01. The Labute approximate surface area is 145 Å². The van der Waals surface area contributed by atoms with Crippen molar-refractivity contribution in [2.45, 2.75) is 24.5 Å². The Bertz CT molecular complexity index is 768. The van der Waals surface area contributed by atoms with E-state index >= 15 is 0 Å². The summed E-state index contributed by atoms with van der Waals surface area (Å²) in [5, 5.41) is 31.4. The van der Waals surface area contributed by atoms with Gasteiger partial charge in [-0.3, -0.25) is 14.6 Å². The topological polar surface area (TPSA) is 142 Å². The number of carbonyl (C=O) groups excluding carboxylic acids is 2. The van der Waals surface area contributed by atoms with Gasteiger partial charge in [0.25, 0.3) is 0 Å². The zero-order chi connectivity index (χ0) is 18.0. The maximum absolute atomic E-state index is 12.3. The molecule has 1 fully saturated rings. The Hall–Kier alpha value is -2.24. The number of aliphatic hydroxyl groups excluding tert-OH is 3. The van der Waals surface area contributed by atoms with Crippen LogP contribution in [0, 0.1) is 0 Å². The second kappa shape index (κ2) is 7.33. The number of Topliss-reactive ketones (excluding diaryl/α,β-unsaturated/α-hetero) is 1. The molecule has 4 atom stereocenters. The largest absolute Gasteiger partial charge is 0.394 e. The normalized spacial score (nSPS) is 26.4. The number of aromatic nitrogens is 2. The number of thiazole rings is 1. The molecule has 0 amide bonds. The lowest BCUT2D eigenvalue weighted by atomic mass is 10.00. The van der Waals surface area contributed by atoms with Crippen molar-refractivity contribution in [2.75, 3.05) is 11.9 Å². The van der Waals surface area contributed by atoms with E-state index in [0.29, 0.717) is 10.4 Å². The van der Waals surface area contributed by atoms with Gasteiger partial charge in [0.05, 0.1) is 17.7 Å². The van der Waals surface area contributed by atoms with Crippen LogP contribution in [-0.4, -0.2) is 68.0 Å².